The Kier molecular flexibility index (Phi) is 6.32. The Morgan fingerprint density at radius 3 is 2.61 bits per heavy atom. The molecule has 1 unspecified atom stereocenters. The third-order valence-electron chi connectivity index (χ3n) is 2.74. The summed E-state index contributed by atoms with van der Waals surface area (Å²) in [6.07, 6.45) is 0.955. The molecule has 1 aromatic heterocycles. The van der Waals surface area contributed by atoms with Crippen molar-refractivity contribution in [2.24, 2.45) is 5.73 Å². The number of carbonyl (C=O) groups excluding carboxylic acids is 1. The molecule has 1 atom stereocenters. The molecule has 5 heteroatoms. The van der Waals surface area contributed by atoms with E-state index in [4.69, 9.17) is 5.73 Å². The van der Waals surface area contributed by atoms with Crippen LogP contribution in [0, 0.1) is 0 Å². The van der Waals surface area contributed by atoms with Crippen LogP contribution in [0.1, 0.15) is 24.3 Å². The van der Waals surface area contributed by atoms with Gasteiger partial charge in [-0.25, -0.2) is 0 Å². The summed E-state index contributed by atoms with van der Waals surface area (Å²) < 4.78 is 0. The first-order valence-electron chi connectivity index (χ1n) is 6.28. The lowest BCUT2D eigenvalue weighted by atomic mass is 10.2. The van der Waals surface area contributed by atoms with E-state index in [2.05, 4.69) is 11.8 Å². The van der Waals surface area contributed by atoms with Gasteiger partial charge in [0.05, 0.1) is 0 Å². The van der Waals surface area contributed by atoms with Crippen LogP contribution in [0.15, 0.2) is 17.5 Å². The molecule has 0 radical (unpaired) electrons. The maximum Gasteiger partial charge on any atom is 0.244 e. The number of thiophene rings is 1. The Labute approximate surface area is 113 Å². The summed E-state index contributed by atoms with van der Waals surface area (Å²) in [6.45, 7) is 4.44. The monoisotopic (exact) mass is 269 g/mol. The lowest BCUT2D eigenvalue weighted by Gasteiger charge is -2.26. The molecule has 0 saturated carbocycles. The Bertz CT molecular complexity index is 351. The maximum atomic E-state index is 12.3. The van der Waals surface area contributed by atoms with E-state index < -0.39 is 6.04 Å². The van der Waals surface area contributed by atoms with Crippen molar-refractivity contribution >= 4 is 17.2 Å². The van der Waals surface area contributed by atoms with E-state index in [1.54, 1.807) is 0 Å². The second-order valence-corrected chi connectivity index (χ2v) is 5.60. The quantitative estimate of drug-likeness (QED) is 0.817. The van der Waals surface area contributed by atoms with Crippen molar-refractivity contribution in [3.05, 3.63) is 22.4 Å². The van der Waals surface area contributed by atoms with Gasteiger partial charge in [-0.2, -0.15) is 0 Å². The van der Waals surface area contributed by atoms with Gasteiger partial charge in [-0.05, 0) is 32.0 Å². The lowest BCUT2D eigenvalue weighted by Crippen LogP contribution is -2.42. The predicted molar refractivity (Wildman–Crippen MR) is 76.7 cm³/mol. The molecule has 1 rings (SSSR count). The zero-order valence-corrected chi connectivity index (χ0v) is 12.2. The number of rotatable bonds is 7. The standard InChI is InChI=1S/C13H23N3OS/c1-4-7-16(9-8-15(2)3)13(17)12(14)11-6-5-10-18-11/h5-6,10,12H,4,7-9,14H2,1-3H3. The molecule has 0 spiro atoms. The van der Waals surface area contributed by atoms with Gasteiger partial charge in [0.25, 0.3) is 0 Å². The van der Waals surface area contributed by atoms with Gasteiger partial charge in [-0.3, -0.25) is 4.79 Å². The molecule has 1 amide bonds. The summed E-state index contributed by atoms with van der Waals surface area (Å²) in [7, 11) is 4.02. The molecule has 4 nitrogen and oxygen atoms in total. The van der Waals surface area contributed by atoms with Gasteiger partial charge in [-0.1, -0.05) is 13.0 Å². The summed E-state index contributed by atoms with van der Waals surface area (Å²) in [5, 5.41) is 1.95. The summed E-state index contributed by atoms with van der Waals surface area (Å²) >= 11 is 1.54. The van der Waals surface area contributed by atoms with Crippen molar-refractivity contribution in [1.29, 1.82) is 0 Å². The van der Waals surface area contributed by atoms with Crippen molar-refractivity contribution in [3.63, 3.8) is 0 Å². The first-order chi connectivity index (χ1) is 8.56. The number of nitrogens with two attached hydrogens (primary N) is 1. The minimum absolute atomic E-state index is 0.0288. The normalized spacial score (nSPS) is 12.7. The van der Waals surface area contributed by atoms with Crippen molar-refractivity contribution in [3.8, 4) is 0 Å². The highest BCUT2D eigenvalue weighted by molar-refractivity contribution is 7.10. The average Bonchev–Trinajstić information content (AvgIpc) is 2.86. The average molecular weight is 269 g/mol. The van der Waals surface area contributed by atoms with Crippen LogP contribution in [0.5, 0.6) is 0 Å². The lowest BCUT2D eigenvalue weighted by molar-refractivity contribution is -0.132. The summed E-state index contributed by atoms with van der Waals surface area (Å²) in [4.78, 5) is 17.2. The molecule has 0 saturated heterocycles. The van der Waals surface area contributed by atoms with Crippen molar-refractivity contribution in [2.45, 2.75) is 19.4 Å². The zero-order chi connectivity index (χ0) is 13.5. The van der Waals surface area contributed by atoms with Crippen LogP contribution in [-0.2, 0) is 4.79 Å². The van der Waals surface area contributed by atoms with Crippen molar-refractivity contribution in [2.75, 3.05) is 33.7 Å². The maximum absolute atomic E-state index is 12.3. The summed E-state index contributed by atoms with van der Waals surface area (Å²) in [6, 6.07) is 3.33. The molecule has 18 heavy (non-hydrogen) atoms. The molecule has 0 aliphatic rings. The largest absolute Gasteiger partial charge is 0.340 e. The second kappa shape index (κ2) is 7.51. The molecular weight excluding hydrogens is 246 g/mol. The Morgan fingerprint density at radius 1 is 1.39 bits per heavy atom. The van der Waals surface area contributed by atoms with Crippen LogP contribution < -0.4 is 5.73 Å². The van der Waals surface area contributed by atoms with Crippen LogP contribution in [0.25, 0.3) is 0 Å². The van der Waals surface area contributed by atoms with E-state index in [0.29, 0.717) is 0 Å². The summed E-state index contributed by atoms with van der Waals surface area (Å²) in [5.74, 6) is 0.0288. The van der Waals surface area contributed by atoms with Gasteiger partial charge < -0.3 is 15.5 Å². The molecule has 0 aromatic carbocycles. The van der Waals surface area contributed by atoms with E-state index in [1.165, 1.54) is 11.3 Å². The Morgan fingerprint density at radius 2 is 2.11 bits per heavy atom. The first-order valence-corrected chi connectivity index (χ1v) is 7.16. The first kappa shape index (κ1) is 15.1. The number of hydrogen-bond donors (Lipinski definition) is 1. The highest BCUT2D eigenvalue weighted by Crippen LogP contribution is 2.18. The van der Waals surface area contributed by atoms with Crippen LogP contribution in [-0.4, -0.2) is 49.4 Å². The molecule has 1 aromatic rings. The van der Waals surface area contributed by atoms with Crippen molar-refractivity contribution < 1.29 is 4.79 Å². The molecule has 102 valence electrons. The van der Waals surface area contributed by atoms with Crippen LogP contribution in [0.4, 0.5) is 0 Å². The van der Waals surface area contributed by atoms with Gasteiger partial charge in [0.2, 0.25) is 5.91 Å². The minimum atomic E-state index is -0.515. The third-order valence-corrected chi connectivity index (χ3v) is 3.69. The SMILES string of the molecule is CCCN(CCN(C)C)C(=O)C(N)c1cccs1. The molecular formula is C13H23N3OS. The van der Waals surface area contributed by atoms with Crippen LogP contribution in [0.3, 0.4) is 0 Å². The molecule has 0 aliphatic heterocycles. The second-order valence-electron chi connectivity index (χ2n) is 4.62. The summed E-state index contributed by atoms with van der Waals surface area (Å²) in [5.41, 5.74) is 6.03. The fraction of sp³-hybridized carbons (Fsp3) is 0.615. The smallest absolute Gasteiger partial charge is 0.244 e. The highest BCUT2D eigenvalue weighted by Gasteiger charge is 2.22. The van der Waals surface area contributed by atoms with E-state index in [-0.39, 0.29) is 5.91 Å². The predicted octanol–water partition coefficient (Wildman–Crippen LogP) is 1.55. The topological polar surface area (TPSA) is 49.6 Å². The molecule has 0 bridgehead atoms. The van der Waals surface area contributed by atoms with Gasteiger partial charge in [-0.15, -0.1) is 11.3 Å². The van der Waals surface area contributed by atoms with Crippen molar-refractivity contribution in [1.82, 2.24) is 9.80 Å². The van der Waals surface area contributed by atoms with E-state index in [1.807, 2.05) is 36.5 Å². The van der Waals surface area contributed by atoms with Crippen LogP contribution in [0.2, 0.25) is 0 Å². The van der Waals surface area contributed by atoms with E-state index >= 15 is 0 Å². The van der Waals surface area contributed by atoms with Crippen LogP contribution >= 0.6 is 11.3 Å². The highest BCUT2D eigenvalue weighted by atomic mass is 32.1. The number of likely N-dealkylation sites (N-methyl/N-ethyl adjacent to an activating group) is 1. The molecule has 2 N–H and O–H groups in total. The fourth-order valence-corrected chi connectivity index (χ4v) is 2.43. The molecule has 1 heterocycles. The number of hydrogen-bond acceptors (Lipinski definition) is 4. The van der Waals surface area contributed by atoms with E-state index in [0.717, 1.165) is 30.9 Å². The number of amides is 1. The minimum Gasteiger partial charge on any atom is -0.340 e. The zero-order valence-electron chi connectivity index (χ0n) is 11.4. The van der Waals surface area contributed by atoms with Gasteiger partial charge in [0.15, 0.2) is 0 Å². The van der Waals surface area contributed by atoms with Gasteiger partial charge in [0.1, 0.15) is 6.04 Å². The number of nitrogens with zero attached hydrogens (tertiary/aromatic N) is 2. The Hall–Kier alpha value is -0.910. The van der Waals surface area contributed by atoms with E-state index in [9.17, 15) is 4.79 Å². The Balaban J connectivity index is 2.63. The van der Waals surface area contributed by atoms with Gasteiger partial charge >= 0.3 is 0 Å². The van der Waals surface area contributed by atoms with Gasteiger partial charge in [0, 0.05) is 24.5 Å². The molecule has 0 fully saturated rings. The third kappa shape index (κ3) is 4.40. The fourth-order valence-electron chi connectivity index (χ4n) is 1.71. The molecule has 0 aliphatic carbocycles. The number of carbonyl (C=O) groups is 1.